The molecule has 4 nitrogen and oxygen atoms in total. The average Bonchev–Trinajstić information content (AvgIpc) is 2.26. The molecule has 0 aromatic heterocycles. The highest BCUT2D eigenvalue weighted by Gasteiger charge is 2.05. The maximum Gasteiger partial charge on any atom is 0.264 e. The summed E-state index contributed by atoms with van der Waals surface area (Å²) in [6, 6.07) is 0. The second-order valence-electron chi connectivity index (χ2n) is 5.06. The second-order valence-corrected chi connectivity index (χ2v) is 6.64. The summed E-state index contributed by atoms with van der Waals surface area (Å²) in [5, 5.41) is 0. The van der Waals surface area contributed by atoms with Crippen LogP contribution in [0.5, 0.6) is 0 Å². The van der Waals surface area contributed by atoms with E-state index in [1.54, 1.807) is 0 Å². The van der Waals surface area contributed by atoms with Crippen LogP contribution >= 0.6 is 0 Å². The molecule has 110 valence electrons. The smallest absolute Gasteiger partial charge is 0.264 e. The van der Waals surface area contributed by atoms with E-state index in [2.05, 4.69) is 11.8 Å². The Hall–Kier alpha value is -0.130. The van der Waals surface area contributed by atoms with Gasteiger partial charge < -0.3 is 4.90 Å². The van der Waals surface area contributed by atoms with Crippen LogP contribution in [0.15, 0.2) is 0 Å². The Bertz CT molecular complexity index is 278. The van der Waals surface area contributed by atoms with Gasteiger partial charge in [0.2, 0.25) is 0 Å². The van der Waals surface area contributed by atoms with Gasteiger partial charge in [0.15, 0.2) is 0 Å². The molecule has 0 saturated carbocycles. The summed E-state index contributed by atoms with van der Waals surface area (Å²) in [6.07, 6.45) is 9.55. The lowest BCUT2D eigenvalue weighted by molar-refractivity contribution is 0.323. The molecule has 0 aromatic rings. The van der Waals surface area contributed by atoms with Gasteiger partial charge in [0.05, 0.1) is 5.75 Å². The van der Waals surface area contributed by atoms with Crippen molar-refractivity contribution in [1.29, 1.82) is 0 Å². The van der Waals surface area contributed by atoms with Crippen molar-refractivity contribution >= 4 is 10.1 Å². The Labute approximate surface area is 113 Å². The maximum absolute atomic E-state index is 10.5. The van der Waals surface area contributed by atoms with E-state index >= 15 is 0 Å². The molecule has 0 aromatic carbocycles. The lowest BCUT2D eigenvalue weighted by Crippen LogP contribution is -2.22. The molecule has 0 aliphatic rings. The molecule has 0 unspecified atom stereocenters. The quantitative estimate of drug-likeness (QED) is 0.441. The lowest BCUT2D eigenvalue weighted by Gasteiger charge is -2.15. The van der Waals surface area contributed by atoms with Gasteiger partial charge in [-0.3, -0.25) is 4.55 Å². The topological polar surface area (TPSA) is 57.6 Å². The van der Waals surface area contributed by atoms with Gasteiger partial charge in [-0.2, -0.15) is 8.42 Å². The van der Waals surface area contributed by atoms with E-state index in [0.717, 1.165) is 13.1 Å². The van der Waals surface area contributed by atoms with Crippen molar-refractivity contribution in [3.05, 3.63) is 0 Å². The van der Waals surface area contributed by atoms with Gasteiger partial charge in [-0.05, 0) is 33.0 Å². The maximum atomic E-state index is 10.5. The third kappa shape index (κ3) is 13.9. The zero-order valence-corrected chi connectivity index (χ0v) is 12.7. The van der Waals surface area contributed by atoms with E-state index in [1.165, 1.54) is 44.9 Å². The molecule has 0 fully saturated rings. The van der Waals surface area contributed by atoms with Gasteiger partial charge in [0.25, 0.3) is 10.1 Å². The fourth-order valence-electron chi connectivity index (χ4n) is 1.97. The van der Waals surface area contributed by atoms with Crippen LogP contribution in [0.4, 0.5) is 0 Å². The van der Waals surface area contributed by atoms with E-state index in [4.69, 9.17) is 4.55 Å². The van der Waals surface area contributed by atoms with Gasteiger partial charge in [0.1, 0.15) is 0 Å². The standard InChI is InChI=1S/C13H29NO3S/c1-3-4-5-6-7-8-9-11-14(2)12-10-13-18(15,16)17/h3-13H2,1-2H3,(H,15,16,17). The van der Waals surface area contributed by atoms with E-state index < -0.39 is 10.1 Å². The molecule has 0 heterocycles. The predicted molar refractivity (Wildman–Crippen MR) is 76.5 cm³/mol. The van der Waals surface area contributed by atoms with Gasteiger partial charge in [-0.1, -0.05) is 45.4 Å². The van der Waals surface area contributed by atoms with Crippen LogP contribution in [-0.4, -0.2) is 43.8 Å². The first kappa shape index (κ1) is 17.9. The Balaban J connectivity index is 3.29. The zero-order chi connectivity index (χ0) is 13.9. The van der Waals surface area contributed by atoms with Crippen molar-refractivity contribution in [1.82, 2.24) is 4.90 Å². The summed E-state index contributed by atoms with van der Waals surface area (Å²) >= 11 is 0. The van der Waals surface area contributed by atoms with Gasteiger partial charge in [-0.25, -0.2) is 0 Å². The highest BCUT2D eigenvalue weighted by atomic mass is 32.2. The van der Waals surface area contributed by atoms with E-state index in [-0.39, 0.29) is 5.75 Å². The highest BCUT2D eigenvalue weighted by molar-refractivity contribution is 7.85. The number of rotatable bonds is 12. The van der Waals surface area contributed by atoms with Crippen molar-refractivity contribution < 1.29 is 13.0 Å². The fraction of sp³-hybridized carbons (Fsp3) is 1.00. The minimum absolute atomic E-state index is 0.131. The largest absolute Gasteiger partial charge is 0.306 e. The Morgan fingerprint density at radius 1 is 0.889 bits per heavy atom. The van der Waals surface area contributed by atoms with Crippen LogP contribution < -0.4 is 0 Å². The molecular formula is C13H29NO3S. The minimum Gasteiger partial charge on any atom is -0.306 e. The summed E-state index contributed by atoms with van der Waals surface area (Å²) < 4.78 is 29.7. The van der Waals surface area contributed by atoms with Crippen LogP contribution in [0.25, 0.3) is 0 Å². The monoisotopic (exact) mass is 279 g/mol. The second kappa shape index (κ2) is 10.8. The first-order chi connectivity index (χ1) is 8.45. The summed E-state index contributed by atoms with van der Waals surface area (Å²) in [4.78, 5) is 2.14. The van der Waals surface area contributed by atoms with Gasteiger partial charge in [0, 0.05) is 0 Å². The molecule has 0 amide bonds. The zero-order valence-electron chi connectivity index (χ0n) is 11.9. The molecule has 18 heavy (non-hydrogen) atoms. The summed E-state index contributed by atoms with van der Waals surface area (Å²) in [6.45, 7) is 3.97. The summed E-state index contributed by atoms with van der Waals surface area (Å²) in [5.41, 5.74) is 0. The number of nitrogens with zero attached hydrogens (tertiary/aromatic N) is 1. The first-order valence-electron chi connectivity index (χ1n) is 7.09. The van der Waals surface area contributed by atoms with E-state index in [9.17, 15) is 8.42 Å². The molecule has 0 bridgehead atoms. The number of hydrogen-bond donors (Lipinski definition) is 1. The van der Waals surface area contributed by atoms with Crippen molar-refractivity contribution in [2.24, 2.45) is 0 Å². The third-order valence-corrected chi connectivity index (χ3v) is 3.89. The van der Waals surface area contributed by atoms with Crippen molar-refractivity contribution in [2.45, 2.75) is 58.3 Å². The molecule has 0 aliphatic heterocycles. The molecule has 0 spiro atoms. The molecular weight excluding hydrogens is 250 g/mol. The van der Waals surface area contributed by atoms with E-state index in [1.807, 2.05) is 7.05 Å². The number of unbranched alkanes of at least 4 members (excludes halogenated alkanes) is 6. The molecule has 0 rings (SSSR count). The number of hydrogen-bond acceptors (Lipinski definition) is 3. The highest BCUT2D eigenvalue weighted by Crippen LogP contribution is 2.07. The normalized spacial score (nSPS) is 12.2. The van der Waals surface area contributed by atoms with Crippen LogP contribution in [0.1, 0.15) is 58.3 Å². The van der Waals surface area contributed by atoms with Gasteiger partial charge >= 0.3 is 0 Å². The third-order valence-electron chi connectivity index (χ3n) is 3.09. The van der Waals surface area contributed by atoms with Crippen molar-refractivity contribution in [2.75, 3.05) is 25.9 Å². The Morgan fingerprint density at radius 3 is 1.94 bits per heavy atom. The molecule has 0 saturated heterocycles. The molecule has 0 radical (unpaired) electrons. The van der Waals surface area contributed by atoms with Crippen LogP contribution in [-0.2, 0) is 10.1 Å². The predicted octanol–water partition coefficient (Wildman–Crippen LogP) is 2.95. The minimum atomic E-state index is -3.78. The fourth-order valence-corrected chi connectivity index (χ4v) is 2.46. The summed E-state index contributed by atoms with van der Waals surface area (Å²) in [7, 11) is -1.78. The van der Waals surface area contributed by atoms with E-state index in [0.29, 0.717) is 6.42 Å². The molecule has 0 aliphatic carbocycles. The molecule has 5 heteroatoms. The van der Waals surface area contributed by atoms with Crippen LogP contribution in [0.2, 0.25) is 0 Å². The van der Waals surface area contributed by atoms with Crippen molar-refractivity contribution in [3.63, 3.8) is 0 Å². The summed E-state index contributed by atoms with van der Waals surface area (Å²) in [5.74, 6) is -0.131. The van der Waals surface area contributed by atoms with Gasteiger partial charge in [-0.15, -0.1) is 0 Å². The van der Waals surface area contributed by atoms with Crippen LogP contribution in [0.3, 0.4) is 0 Å². The first-order valence-corrected chi connectivity index (χ1v) is 8.70. The average molecular weight is 279 g/mol. The van der Waals surface area contributed by atoms with Crippen LogP contribution in [0, 0.1) is 0 Å². The SMILES string of the molecule is CCCCCCCCCN(C)CCCS(=O)(=O)O. The lowest BCUT2D eigenvalue weighted by atomic mass is 10.1. The Morgan fingerprint density at radius 2 is 1.39 bits per heavy atom. The van der Waals surface area contributed by atoms with Crippen molar-refractivity contribution in [3.8, 4) is 0 Å². The Kier molecular flexibility index (Phi) is 10.7. The molecule has 0 atom stereocenters. The molecule has 1 N–H and O–H groups in total.